The summed E-state index contributed by atoms with van der Waals surface area (Å²) in [6.45, 7) is 5.23. The molecule has 1 aliphatic heterocycles. The van der Waals surface area contributed by atoms with Crippen molar-refractivity contribution in [3.05, 3.63) is 82.7 Å². The van der Waals surface area contributed by atoms with Crippen molar-refractivity contribution in [3.63, 3.8) is 0 Å². The highest BCUT2D eigenvalue weighted by molar-refractivity contribution is 5.92. The van der Waals surface area contributed by atoms with Crippen LogP contribution in [-0.4, -0.2) is 52.6 Å². The average Bonchev–Trinajstić information content (AvgIpc) is 2.79. The van der Waals surface area contributed by atoms with Crippen molar-refractivity contribution in [2.45, 2.75) is 26.4 Å². The van der Waals surface area contributed by atoms with Crippen molar-refractivity contribution >= 4 is 5.91 Å². The van der Waals surface area contributed by atoms with Gasteiger partial charge in [0.2, 0.25) is 0 Å². The second-order valence-corrected chi connectivity index (χ2v) is 7.72. The van der Waals surface area contributed by atoms with E-state index in [0.717, 1.165) is 40.4 Å². The standard InChI is InChI=1S/C24H26N4O3/c1-16-9-19(10-18-5-4-6-20(11-18)30-3)12-21(27-16)23-15-28(7-8-31-23)24(29)22-14-25-17(2)13-26-22/h4-6,9,11-14,23H,7-8,10,15H2,1-3H3. The predicted molar refractivity (Wildman–Crippen MR) is 116 cm³/mol. The Hall–Kier alpha value is -3.32. The van der Waals surface area contributed by atoms with Gasteiger partial charge in [-0.1, -0.05) is 12.1 Å². The number of morpholine rings is 1. The number of aromatic nitrogens is 3. The molecule has 3 heterocycles. The van der Waals surface area contributed by atoms with Crippen molar-refractivity contribution in [2.75, 3.05) is 26.8 Å². The normalized spacial score (nSPS) is 16.2. The Morgan fingerprint density at radius 1 is 1.13 bits per heavy atom. The van der Waals surface area contributed by atoms with Gasteiger partial charge >= 0.3 is 0 Å². The molecule has 1 aliphatic rings. The minimum Gasteiger partial charge on any atom is -0.497 e. The molecule has 160 valence electrons. The molecule has 1 unspecified atom stereocenters. The van der Waals surface area contributed by atoms with Gasteiger partial charge in [-0.15, -0.1) is 0 Å². The smallest absolute Gasteiger partial charge is 0.274 e. The molecule has 0 radical (unpaired) electrons. The first-order chi connectivity index (χ1) is 15.0. The van der Waals surface area contributed by atoms with Crippen LogP contribution >= 0.6 is 0 Å². The van der Waals surface area contributed by atoms with Gasteiger partial charge in [0.25, 0.3) is 5.91 Å². The van der Waals surface area contributed by atoms with E-state index < -0.39 is 0 Å². The zero-order valence-electron chi connectivity index (χ0n) is 18.0. The fourth-order valence-electron chi connectivity index (χ4n) is 3.73. The molecule has 1 amide bonds. The molecule has 1 aromatic carbocycles. The molecular weight excluding hydrogens is 392 g/mol. The van der Waals surface area contributed by atoms with E-state index in [1.165, 1.54) is 6.20 Å². The number of rotatable bonds is 5. The van der Waals surface area contributed by atoms with Gasteiger partial charge in [-0.2, -0.15) is 0 Å². The summed E-state index contributed by atoms with van der Waals surface area (Å²) in [5.74, 6) is 0.706. The van der Waals surface area contributed by atoms with Crippen LogP contribution in [0.4, 0.5) is 0 Å². The highest BCUT2D eigenvalue weighted by Crippen LogP contribution is 2.24. The van der Waals surface area contributed by atoms with E-state index in [1.807, 2.05) is 32.0 Å². The fraction of sp³-hybridized carbons (Fsp3) is 0.333. The lowest BCUT2D eigenvalue weighted by Crippen LogP contribution is -2.42. The number of nitrogens with zero attached hydrogens (tertiary/aromatic N) is 4. The van der Waals surface area contributed by atoms with Crippen molar-refractivity contribution in [3.8, 4) is 5.75 Å². The summed E-state index contributed by atoms with van der Waals surface area (Å²) < 4.78 is 11.3. The minimum atomic E-state index is -0.278. The third-order valence-corrected chi connectivity index (χ3v) is 5.26. The monoisotopic (exact) mass is 418 g/mol. The lowest BCUT2D eigenvalue weighted by atomic mass is 10.0. The Morgan fingerprint density at radius 2 is 2.00 bits per heavy atom. The van der Waals surface area contributed by atoms with E-state index in [-0.39, 0.29) is 12.0 Å². The molecule has 1 fully saturated rings. The first-order valence-electron chi connectivity index (χ1n) is 10.3. The molecule has 0 N–H and O–H groups in total. The molecule has 4 rings (SSSR count). The van der Waals surface area contributed by atoms with Gasteiger partial charge in [0.1, 0.15) is 17.5 Å². The number of benzene rings is 1. The Kier molecular flexibility index (Phi) is 6.23. The number of carbonyl (C=O) groups excluding carboxylic acids is 1. The van der Waals surface area contributed by atoms with E-state index >= 15 is 0 Å². The summed E-state index contributed by atoms with van der Waals surface area (Å²) in [6.07, 6.45) is 3.62. The number of methoxy groups -OCH3 is 1. The molecule has 0 saturated carbocycles. The van der Waals surface area contributed by atoms with Crippen LogP contribution in [0.15, 0.2) is 48.8 Å². The molecule has 7 heteroatoms. The Balaban J connectivity index is 1.51. The average molecular weight is 418 g/mol. The van der Waals surface area contributed by atoms with Crippen LogP contribution in [0.3, 0.4) is 0 Å². The van der Waals surface area contributed by atoms with Crippen molar-refractivity contribution < 1.29 is 14.3 Å². The van der Waals surface area contributed by atoms with Gasteiger partial charge in [-0.05, 0) is 55.7 Å². The van der Waals surface area contributed by atoms with E-state index in [0.29, 0.717) is 25.4 Å². The molecule has 1 atom stereocenters. The van der Waals surface area contributed by atoms with Crippen LogP contribution in [0.2, 0.25) is 0 Å². The van der Waals surface area contributed by atoms with E-state index in [4.69, 9.17) is 14.5 Å². The van der Waals surface area contributed by atoms with E-state index in [2.05, 4.69) is 28.2 Å². The third-order valence-electron chi connectivity index (χ3n) is 5.26. The van der Waals surface area contributed by atoms with Crippen molar-refractivity contribution in [2.24, 2.45) is 0 Å². The second-order valence-electron chi connectivity index (χ2n) is 7.72. The highest BCUT2D eigenvalue weighted by Gasteiger charge is 2.28. The number of hydrogen-bond acceptors (Lipinski definition) is 6. The van der Waals surface area contributed by atoms with Crippen LogP contribution in [-0.2, 0) is 11.2 Å². The van der Waals surface area contributed by atoms with Crippen LogP contribution in [0.1, 0.15) is 44.8 Å². The fourth-order valence-corrected chi connectivity index (χ4v) is 3.73. The van der Waals surface area contributed by atoms with E-state index in [9.17, 15) is 4.79 Å². The van der Waals surface area contributed by atoms with Crippen LogP contribution < -0.4 is 4.74 Å². The molecule has 0 aliphatic carbocycles. The molecule has 2 aromatic heterocycles. The van der Waals surface area contributed by atoms with Gasteiger partial charge in [-0.25, -0.2) is 4.98 Å². The number of pyridine rings is 1. The maximum atomic E-state index is 12.9. The van der Waals surface area contributed by atoms with Crippen LogP contribution in [0.5, 0.6) is 5.75 Å². The molecule has 31 heavy (non-hydrogen) atoms. The van der Waals surface area contributed by atoms with Crippen LogP contribution in [0, 0.1) is 13.8 Å². The summed E-state index contributed by atoms with van der Waals surface area (Å²) in [5.41, 5.74) is 5.20. The number of hydrogen-bond donors (Lipinski definition) is 0. The Bertz CT molecular complexity index is 1070. The van der Waals surface area contributed by atoms with Gasteiger partial charge in [0.05, 0.1) is 37.8 Å². The zero-order valence-corrected chi connectivity index (χ0v) is 18.0. The maximum absolute atomic E-state index is 12.9. The maximum Gasteiger partial charge on any atom is 0.274 e. The number of amides is 1. The summed E-state index contributed by atoms with van der Waals surface area (Å²) >= 11 is 0. The SMILES string of the molecule is COc1cccc(Cc2cc(C)nc(C3CN(C(=O)c4cnc(C)cn4)CCO3)c2)c1. The van der Waals surface area contributed by atoms with Gasteiger partial charge in [0, 0.05) is 18.4 Å². The van der Waals surface area contributed by atoms with Crippen LogP contribution in [0.25, 0.3) is 0 Å². The molecule has 0 bridgehead atoms. The van der Waals surface area contributed by atoms with Crippen molar-refractivity contribution in [1.82, 2.24) is 19.9 Å². The number of carbonyl (C=O) groups is 1. The minimum absolute atomic E-state index is 0.134. The van der Waals surface area contributed by atoms with Crippen molar-refractivity contribution in [1.29, 1.82) is 0 Å². The number of aryl methyl sites for hydroxylation is 2. The largest absolute Gasteiger partial charge is 0.497 e. The summed E-state index contributed by atoms with van der Waals surface area (Å²) in [6, 6.07) is 12.2. The number of ether oxygens (including phenoxy) is 2. The first-order valence-corrected chi connectivity index (χ1v) is 10.3. The highest BCUT2D eigenvalue weighted by atomic mass is 16.5. The molecule has 7 nitrogen and oxygen atoms in total. The Labute approximate surface area is 182 Å². The lowest BCUT2D eigenvalue weighted by molar-refractivity contribution is -0.0250. The van der Waals surface area contributed by atoms with Gasteiger partial charge in [-0.3, -0.25) is 14.8 Å². The molecule has 0 spiro atoms. The Morgan fingerprint density at radius 3 is 2.77 bits per heavy atom. The summed E-state index contributed by atoms with van der Waals surface area (Å²) in [7, 11) is 1.67. The lowest BCUT2D eigenvalue weighted by Gasteiger charge is -2.32. The quantitative estimate of drug-likeness (QED) is 0.633. The molecular formula is C24H26N4O3. The first kappa shape index (κ1) is 20.9. The molecule has 1 saturated heterocycles. The van der Waals surface area contributed by atoms with Gasteiger partial charge < -0.3 is 14.4 Å². The second kappa shape index (κ2) is 9.22. The topological polar surface area (TPSA) is 77.4 Å². The van der Waals surface area contributed by atoms with E-state index in [1.54, 1.807) is 18.2 Å². The molecule has 3 aromatic rings. The predicted octanol–water partition coefficient (Wildman–Crippen LogP) is 3.30. The summed E-state index contributed by atoms with van der Waals surface area (Å²) in [4.78, 5) is 27.7. The zero-order chi connectivity index (χ0) is 21.8. The summed E-state index contributed by atoms with van der Waals surface area (Å²) in [5, 5.41) is 0. The van der Waals surface area contributed by atoms with Gasteiger partial charge in [0.15, 0.2) is 0 Å². The third kappa shape index (κ3) is 5.06.